The molecule has 0 radical (unpaired) electrons. The van der Waals surface area contributed by atoms with Crippen LogP contribution in [0.1, 0.15) is 64.7 Å². The average molecular weight is 905 g/mol. The standard InChI is InChI=1S/C50H60N2O4S3Si2/c1-8-60(9-2,10-3)56-45-36-42(38-55-61(48(4,5)6,43-32-22-14-23-33-43)44-34-24-15-25-35-44)52-46(53)37-51(7)47(54)50(45,52)58-59-57-49(39-26-16-11-17-27-39,40-28-18-12-19-29-40)41-30-20-13-21-31-41/h11-35,42,45H,8-10,36-38H2,1-7H3/t42-,45+,50-/m1/s1. The number of fused-ring (bicyclic) bond motifs is 1. The van der Waals surface area contributed by atoms with E-state index in [1.165, 1.54) is 21.2 Å². The summed E-state index contributed by atoms with van der Waals surface area (Å²) in [7, 11) is 1.31. The minimum Gasteiger partial charge on any atom is -0.410 e. The van der Waals surface area contributed by atoms with Crippen LogP contribution in [-0.4, -0.2) is 75.5 Å². The van der Waals surface area contributed by atoms with E-state index in [2.05, 4.69) is 193 Å². The first-order chi connectivity index (χ1) is 29.4. The number of amides is 2. The SMILES string of the molecule is CC[Si](CC)(CC)O[C@H]1C[C@H](CO[Si](c2ccccc2)(c2ccccc2)C(C)(C)C)N2C(=O)CN(C)C(=O)[C@]12SSSC(c1ccccc1)(c1ccccc1)c1ccccc1. The Hall–Kier alpha value is -3.56. The smallest absolute Gasteiger partial charge is 0.262 e. The van der Waals surface area contributed by atoms with Crippen molar-refractivity contribution in [3.05, 3.63) is 168 Å². The molecule has 320 valence electrons. The van der Waals surface area contributed by atoms with Gasteiger partial charge in [0, 0.05) is 7.05 Å². The number of likely N-dealkylation sites (N-methyl/N-ethyl adjacent to an activating group) is 1. The van der Waals surface area contributed by atoms with Gasteiger partial charge >= 0.3 is 0 Å². The Morgan fingerprint density at radius 3 is 1.51 bits per heavy atom. The maximum atomic E-state index is 15.3. The fraction of sp³-hybridized carbons (Fsp3) is 0.360. The van der Waals surface area contributed by atoms with Crippen LogP contribution >= 0.6 is 31.4 Å². The summed E-state index contributed by atoms with van der Waals surface area (Å²) < 4.78 is 14.5. The molecule has 0 N–H and O–H groups in total. The number of piperazine rings is 1. The van der Waals surface area contributed by atoms with E-state index in [1.807, 2.05) is 4.90 Å². The Morgan fingerprint density at radius 1 is 0.672 bits per heavy atom. The lowest BCUT2D eigenvalue weighted by molar-refractivity contribution is -0.159. The predicted octanol–water partition coefficient (Wildman–Crippen LogP) is 10.7. The molecule has 2 saturated heterocycles. The van der Waals surface area contributed by atoms with Gasteiger partial charge in [0.25, 0.3) is 14.2 Å². The van der Waals surface area contributed by atoms with Gasteiger partial charge in [-0.25, -0.2) is 0 Å². The van der Waals surface area contributed by atoms with Gasteiger partial charge in [-0.15, -0.1) is 0 Å². The summed E-state index contributed by atoms with van der Waals surface area (Å²) in [6.07, 6.45) is -0.0128. The Morgan fingerprint density at radius 2 is 1.10 bits per heavy atom. The van der Waals surface area contributed by atoms with Crippen molar-refractivity contribution in [2.75, 3.05) is 20.2 Å². The summed E-state index contributed by atoms with van der Waals surface area (Å²) in [5.74, 6) is -0.154. The van der Waals surface area contributed by atoms with E-state index in [-0.39, 0.29) is 36.0 Å². The molecule has 2 aliphatic rings. The molecule has 2 aliphatic heterocycles. The van der Waals surface area contributed by atoms with Gasteiger partial charge in [0.05, 0.1) is 25.3 Å². The number of hydrogen-bond donors (Lipinski definition) is 0. The quantitative estimate of drug-likeness (QED) is 0.0523. The number of carbonyl (C=O) groups excluding carboxylic acids is 2. The second kappa shape index (κ2) is 19.0. The van der Waals surface area contributed by atoms with E-state index >= 15 is 4.79 Å². The number of rotatable bonds is 17. The second-order valence-electron chi connectivity index (χ2n) is 17.3. The van der Waals surface area contributed by atoms with Gasteiger partial charge in [0.2, 0.25) is 10.8 Å². The number of benzene rings is 5. The number of hydrogen-bond acceptors (Lipinski definition) is 7. The van der Waals surface area contributed by atoms with Crippen LogP contribution in [0.15, 0.2) is 152 Å². The summed E-state index contributed by atoms with van der Waals surface area (Å²) in [5, 5.41) is 2.11. The zero-order chi connectivity index (χ0) is 43.3. The first kappa shape index (κ1) is 45.5. The summed E-state index contributed by atoms with van der Waals surface area (Å²) in [5.41, 5.74) is 3.40. The Kier molecular flexibility index (Phi) is 14.2. The summed E-state index contributed by atoms with van der Waals surface area (Å²) in [6, 6.07) is 55.5. The van der Waals surface area contributed by atoms with Gasteiger partial charge in [-0.1, -0.05) is 204 Å². The normalized spacial score (nSPS) is 19.9. The van der Waals surface area contributed by atoms with Crippen molar-refractivity contribution in [2.24, 2.45) is 0 Å². The second-order valence-corrected chi connectivity index (χ2v) is 30.7. The number of carbonyl (C=O) groups is 2. The van der Waals surface area contributed by atoms with Crippen molar-refractivity contribution in [2.45, 2.75) is 92.9 Å². The van der Waals surface area contributed by atoms with E-state index < -0.39 is 32.4 Å². The highest BCUT2D eigenvalue weighted by atomic mass is 33.5. The lowest BCUT2D eigenvalue weighted by Crippen LogP contribution is -2.70. The van der Waals surface area contributed by atoms with E-state index in [9.17, 15) is 4.79 Å². The van der Waals surface area contributed by atoms with Crippen LogP contribution in [-0.2, 0) is 23.2 Å². The monoisotopic (exact) mass is 904 g/mol. The van der Waals surface area contributed by atoms with Gasteiger partial charge in [0.1, 0.15) is 4.75 Å². The van der Waals surface area contributed by atoms with Gasteiger partial charge in [-0.3, -0.25) is 9.59 Å². The topological polar surface area (TPSA) is 59.1 Å². The van der Waals surface area contributed by atoms with Crippen LogP contribution in [0.3, 0.4) is 0 Å². The molecule has 5 aromatic carbocycles. The summed E-state index contributed by atoms with van der Waals surface area (Å²) in [4.78, 5) is 32.5. The maximum Gasteiger partial charge on any atom is 0.262 e. The van der Waals surface area contributed by atoms with Crippen molar-refractivity contribution in [1.29, 1.82) is 0 Å². The summed E-state index contributed by atoms with van der Waals surface area (Å²) >= 11 is 0. The van der Waals surface area contributed by atoms with Crippen LogP contribution in [0.25, 0.3) is 0 Å². The molecule has 0 bridgehead atoms. The molecular formula is C50H60N2O4S3Si2. The molecule has 2 fully saturated rings. The minimum atomic E-state index is -2.98. The van der Waals surface area contributed by atoms with Crippen molar-refractivity contribution >= 4 is 70.2 Å². The van der Waals surface area contributed by atoms with Crippen molar-refractivity contribution in [1.82, 2.24) is 9.80 Å². The molecule has 0 saturated carbocycles. The van der Waals surface area contributed by atoms with E-state index in [4.69, 9.17) is 8.85 Å². The zero-order valence-electron chi connectivity index (χ0n) is 36.6. The molecule has 2 heterocycles. The molecule has 0 spiro atoms. The molecule has 5 aromatic rings. The molecule has 3 atom stereocenters. The van der Waals surface area contributed by atoms with Crippen LogP contribution in [0.5, 0.6) is 0 Å². The van der Waals surface area contributed by atoms with Crippen molar-refractivity contribution < 1.29 is 18.4 Å². The fourth-order valence-electron chi connectivity index (χ4n) is 9.66. The van der Waals surface area contributed by atoms with Gasteiger partial charge in [-0.05, 0) is 77.3 Å². The molecule has 2 amide bonds. The van der Waals surface area contributed by atoms with Crippen LogP contribution in [0.4, 0.5) is 0 Å². The third-order valence-electron chi connectivity index (χ3n) is 13.0. The van der Waals surface area contributed by atoms with E-state index in [0.29, 0.717) is 6.42 Å². The van der Waals surface area contributed by atoms with Crippen LogP contribution in [0, 0.1) is 0 Å². The molecule has 0 aromatic heterocycles. The average Bonchev–Trinajstić information content (AvgIpc) is 3.61. The first-order valence-electron chi connectivity index (χ1n) is 21.6. The number of nitrogens with zero attached hydrogens (tertiary/aromatic N) is 2. The molecular weight excluding hydrogens is 845 g/mol. The molecule has 0 aliphatic carbocycles. The molecule has 0 unspecified atom stereocenters. The molecule has 61 heavy (non-hydrogen) atoms. The Labute approximate surface area is 377 Å². The Bertz CT molecular complexity index is 2070. The minimum absolute atomic E-state index is 0.0152. The van der Waals surface area contributed by atoms with E-state index in [0.717, 1.165) is 34.8 Å². The molecule has 11 heteroatoms. The first-order valence-corrected chi connectivity index (χ1v) is 29.5. The van der Waals surface area contributed by atoms with Crippen molar-refractivity contribution in [3.8, 4) is 0 Å². The predicted molar refractivity (Wildman–Crippen MR) is 263 cm³/mol. The van der Waals surface area contributed by atoms with Gasteiger partial charge in [-0.2, -0.15) is 0 Å². The highest BCUT2D eigenvalue weighted by Gasteiger charge is 2.66. The van der Waals surface area contributed by atoms with Crippen LogP contribution < -0.4 is 10.4 Å². The largest absolute Gasteiger partial charge is 0.410 e. The lowest BCUT2D eigenvalue weighted by atomic mass is 9.84. The fourth-order valence-corrected chi connectivity index (χ4v) is 23.5. The highest BCUT2D eigenvalue weighted by Crippen LogP contribution is 2.62. The third kappa shape index (κ3) is 8.36. The van der Waals surface area contributed by atoms with Gasteiger partial charge in [0.15, 0.2) is 8.32 Å². The van der Waals surface area contributed by atoms with E-state index in [1.54, 1.807) is 32.6 Å². The molecule has 7 rings (SSSR count). The third-order valence-corrected chi connectivity index (χ3v) is 27.8. The Balaban J connectivity index is 1.34. The zero-order valence-corrected chi connectivity index (χ0v) is 41.0. The molecule has 6 nitrogen and oxygen atoms in total. The maximum absolute atomic E-state index is 15.3. The highest BCUT2D eigenvalue weighted by molar-refractivity contribution is 9.09. The van der Waals surface area contributed by atoms with Gasteiger partial charge < -0.3 is 18.7 Å². The summed E-state index contributed by atoms with van der Waals surface area (Å²) in [6.45, 7) is 13.8. The van der Waals surface area contributed by atoms with Crippen molar-refractivity contribution in [3.63, 3.8) is 0 Å². The van der Waals surface area contributed by atoms with Crippen LogP contribution in [0.2, 0.25) is 23.2 Å². The lowest BCUT2D eigenvalue weighted by Gasteiger charge is -2.49.